The molecule has 0 amide bonds. The number of hydrogen-bond acceptors (Lipinski definition) is 2. The molecule has 15 heavy (non-hydrogen) atoms. The van der Waals surface area contributed by atoms with Gasteiger partial charge in [0.05, 0.1) is 16.8 Å². The lowest BCUT2D eigenvalue weighted by Crippen LogP contribution is -2.09. The molecule has 1 unspecified atom stereocenters. The third-order valence-corrected chi connectivity index (χ3v) is 2.92. The van der Waals surface area contributed by atoms with Gasteiger partial charge in [-0.1, -0.05) is 26.3 Å². The predicted octanol–water partition coefficient (Wildman–Crippen LogP) is 3.85. The van der Waals surface area contributed by atoms with Gasteiger partial charge in [-0.25, -0.2) is 0 Å². The van der Waals surface area contributed by atoms with Gasteiger partial charge >= 0.3 is 0 Å². The van der Waals surface area contributed by atoms with Gasteiger partial charge in [-0.3, -0.25) is 0 Å². The Bertz CT molecular complexity index is 294. The van der Waals surface area contributed by atoms with Gasteiger partial charge in [0.1, 0.15) is 0 Å². The van der Waals surface area contributed by atoms with E-state index < -0.39 is 0 Å². The van der Waals surface area contributed by atoms with E-state index in [1.54, 1.807) is 0 Å². The summed E-state index contributed by atoms with van der Waals surface area (Å²) in [4.78, 5) is 0. The largest absolute Gasteiger partial charge is 0.490 e. The molecule has 0 bridgehead atoms. The zero-order chi connectivity index (χ0) is 11.3. The summed E-state index contributed by atoms with van der Waals surface area (Å²) in [5, 5.41) is 0. The van der Waals surface area contributed by atoms with E-state index in [-0.39, 0.29) is 0 Å². The van der Waals surface area contributed by atoms with Crippen molar-refractivity contribution in [2.45, 2.75) is 26.7 Å². The van der Waals surface area contributed by atoms with Crippen LogP contribution in [0.1, 0.15) is 26.7 Å². The minimum absolute atomic E-state index is 0.571. The van der Waals surface area contributed by atoms with Crippen LogP contribution in [0.3, 0.4) is 0 Å². The molecule has 0 spiro atoms. The average Bonchev–Trinajstić information content (AvgIpc) is 2.17. The monoisotopic (exact) mass is 271 g/mol. The molecule has 0 aliphatic rings. The molecule has 0 aliphatic heterocycles. The molecule has 1 aromatic carbocycles. The Morgan fingerprint density at radius 1 is 1.47 bits per heavy atom. The smallest absolute Gasteiger partial charge is 0.156 e. The molecule has 0 heterocycles. The summed E-state index contributed by atoms with van der Waals surface area (Å²) in [6.07, 6.45) is 2.38. The number of ether oxygens (including phenoxy) is 1. The van der Waals surface area contributed by atoms with Gasteiger partial charge in [0.2, 0.25) is 0 Å². The van der Waals surface area contributed by atoms with Crippen molar-refractivity contribution in [3.05, 3.63) is 22.7 Å². The van der Waals surface area contributed by atoms with E-state index in [9.17, 15) is 0 Å². The van der Waals surface area contributed by atoms with Gasteiger partial charge in [-0.15, -0.1) is 0 Å². The normalized spacial score (nSPS) is 12.5. The van der Waals surface area contributed by atoms with E-state index in [4.69, 9.17) is 10.5 Å². The van der Waals surface area contributed by atoms with E-state index in [0.717, 1.165) is 16.8 Å². The standard InChI is InChI=1S/C12H18BrNO/c1-3-5-9(2)8-15-12-10(13)6-4-7-11(12)14/h4,6-7,9H,3,5,8,14H2,1-2H3. The molecule has 0 saturated heterocycles. The van der Waals surface area contributed by atoms with Gasteiger partial charge in [-0.2, -0.15) is 0 Å². The summed E-state index contributed by atoms with van der Waals surface area (Å²) in [6, 6.07) is 5.70. The number of hydrogen-bond donors (Lipinski definition) is 1. The first-order chi connectivity index (χ1) is 7.15. The van der Waals surface area contributed by atoms with Crippen molar-refractivity contribution in [3.8, 4) is 5.75 Å². The van der Waals surface area contributed by atoms with Crippen LogP contribution in [0.2, 0.25) is 0 Å². The number of nitrogens with two attached hydrogens (primary N) is 1. The van der Waals surface area contributed by atoms with Crippen LogP contribution in [-0.2, 0) is 0 Å². The fraction of sp³-hybridized carbons (Fsp3) is 0.500. The van der Waals surface area contributed by atoms with Crippen LogP contribution in [0.4, 0.5) is 5.69 Å². The number of halogens is 1. The topological polar surface area (TPSA) is 35.2 Å². The first-order valence-corrected chi connectivity index (χ1v) is 6.11. The van der Waals surface area contributed by atoms with E-state index >= 15 is 0 Å². The summed E-state index contributed by atoms with van der Waals surface area (Å²) >= 11 is 3.43. The van der Waals surface area contributed by atoms with Crippen LogP contribution >= 0.6 is 15.9 Å². The Morgan fingerprint density at radius 2 is 2.20 bits per heavy atom. The zero-order valence-electron chi connectivity index (χ0n) is 9.29. The highest BCUT2D eigenvalue weighted by Crippen LogP contribution is 2.31. The highest BCUT2D eigenvalue weighted by molar-refractivity contribution is 9.10. The Hall–Kier alpha value is -0.700. The molecule has 0 radical (unpaired) electrons. The molecule has 2 nitrogen and oxygen atoms in total. The molecule has 1 rings (SSSR count). The van der Waals surface area contributed by atoms with Crippen LogP contribution in [-0.4, -0.2) is 6.61 Å². The van der Waals surface area contributed by atoms with Crippen LogP contribution in [0, 0.1) is 5.92 Å². The first kappa shape index (κ1) is 12.4. The molecular formula is C12H18BrNO. The Morgan fingerprint density at radius 3 is 2.80 bits per heavy atom. The summed E-state index contributed by atoms with van der Waals surface area (Å²) in [5.41, 5.74) is 6.51. The number of anilines is 1. The van der Waals surface area contributed by atoms with Crippen molar-refractivity contribution in [1.29, 1.82) is 0 Å². The molecule has 84 valence electrons. The highest BCUT2D eigenvalue weighted by atomic mass is 79.9. The fourth-order valence-corrected chi connectivity index (χ4v) is 1.98. The number of para-hydroxylation sites is 1. The number of rotatable bonds is 5. The maximum atomic E-state index is 5.83. The molecule has 1 atom stereocenters. The second-order valence-corrected chi connectivity index (χ2v) is 4.72. The molecule has 2 N–H and O–H groups in total. The maximum Gasteiger partial charge on any atom is 0.156 e. The fourth-order valence-electron chi connectivity index (χ4n) is 1.48. The zero-order valence-corrected chi connectivity index (χ0v) is 10.9. The lowest BCUT2D eigenvalue weighted by Gasteiger charge is -2.14. The predicted molar refractivity (Wildman–Crippen MR) is 68.1 cm³/mol. The van der Waals surface area contributed by atoms with Crippen LogP contribution in [0.5, 0.6) is 5.75 Å². The lowest BCUT2D eigenvalue weighted by molar-refractivity contribution is 0.251. The van der Waals surface area contributed by atoms with E-state index in [1.165, 1.54) is 12.8 Å². The van der Waals surface area contributed by atoms with E-state index in [2.05, 4.69) is 29.8 Å². The average molecular weight is 272 g/mol. The number of nitrogen functional groups attached to an aromatic ring is 1. The van der Waals surface area contributed by atoms with Crippen LogP contribution < -0.4 is 10.5 Å². The minimum atomic E-state index is 0.571. The summed E-state index contributed by atoms with van der Waals surface area (Å²) in [5.74, 6) is 1.34. The van der Waals surface area contributed by atoms with Gasteiger partial charge in [0.25, 0.3) is 0 Å². The minimum Gasteiger partial charge on any atom is -0.490 e. The van der Waals surface area contributed by atoms with Gasteiger partial charge in [0.15, 0.2) is 5.75 Å². The maximum absolute atomic E-state index is 5.83. The summed E-state index contributed by atoms with van der Waals surface area (Å²) < 4.78 is 6.63. The Labute approximate surface area is 99.9 Å². The summed E-state index contributed by atoms with van der Waals surface area (Å²) in [7, 11) is 0. The lowest BCUT2D eigenvalue weighted by atomic mass is 10.1. The van der Waals surface area contributed by atoms with Gasteiger partial charge in [0, 0.05) is 0 Å². The van der Waals surface area contributed by atoms with Crippen LogP contribution in [0.15, 0.2) is 22.7 Å². The van der Waals surface area contributed by atoms with Crippen molar-refractivity contribution in [1.82, 2.24) is 0 Å². The SMILES string of the molecule is CCCC(C)COc1c(N)cccc1Br. The second kappa shape index (κ2) is 6.01. The molecule has 0 fully saturated rings. The Kier molecular flexibility index (Phi) is 4.95. The van der Waals surface area contributed by atoms with Crippen molar-refractivity contribution < 1.29 is 4.74 Å². The van der Waals surface area contributed by atoms with E-state index in [1.807, 2.05) is 18.2 Å². The number of benzene rings is 1. The summed E-state index contributed by atoms with van der Waals surface area (Å²) in [6.45, 7) is 5.10. The molecule has 0 aliphatic carbocycles. The molecule has 0 aromatic heterocycles. The Balaban J connectivity index is 2.57. The van der Waals surface area contributed by atoms with Crippen molar-refractivity contribution in [3.63, 3.8) is 0 Å². The quantitative estimate of drug-likeness (QED) is 0.826. The van der Waals surface area contributed by atoms with Crippen molar-refractivity contribution >= 4 is 21.6 Å². The second-order valence-electron chi connectivity index (χ2n) is 3.86. The first-order valence-electron chi connectivity index (χ1n) is 5.32. The molecule has 0 saturated carbocycles. The van der Waals surface area contributed by atoms with Crippen LogP contribution in [0.25, 0.3) is 0 Å². The third-order valence-electron chi connectivity index (χ3n) is 2.29. The molecule has 1 aromatic rings. The van der Waals surface area contributed by atoms with Crippen molar-refractivity contribution in [2.75, 3.05) is 12.3 Å². The van der Waals surface area contributed by atoms with Crippen molar-refractivity contribution in [2.24, 2.45) is 5.92 Å². The molecular weight excluding hydrogens is 254 g/mol. The van der Waals surface area contributed by atoms with Gasteiger partial charge in [-0.05, 0) is 40.4 Å². The van der Waals surface area contributed by atoms with E-state index in [0.29, 0.717) is 11.6 Å². The van der Waals surface area contributed by atoms with Gasteiger partial charge < -0.3 is 10.5 Å². The highest BCUT2D eigenvalue weighted by Gasteiger charge is 2.07. The molecule has 3 heteroatoms. The third kappa shape index (κ3) is 3.74.